The molecule has 28 heavy (non-hydrogen) atoms. The van der Waals surface area contributed by atoms with Crippen molar-refractivity contribution in [2.45, 2.75) is 31.2 Å². The van der Waals surface area contributed by atoms with Gasteiger partial charge in [0.1, 0.15) is 6.04 Å². The highest BCUT2D eigenvalue weighted by Gasteiger charge is 2.35. The second-order valence-electron chi connectivity index (χ2n) is 6.20. The number of nitrogens with zero attached hydrogens (tertiary/aromatic N) is 2. The van der Waals surface area contributed by atoms with E-state index in [4.69, 9.17) is 0 Å². The molecule has 1 aliphatic rings. The number of hydrogen-bond acceptors (Lipinski definition) is 6. The molecule has 0 radical (unpaired) electrons. The standard InChI is InChI=1S/C18H25N3O6S/c1-4-20(5-2)28(25,26)14-8-6-13(7-9-14)18(24)21-11-10-19-17(23)15(21)12-16(22)27-3/h6-9,15H,4-5,10-12H2,1-3H3,(H,19,23). The molecule has 0 aromatic heterocycles. The van der Waals surface area contributed by atoms with Crippen molar-refractivity contribution in [1.82, 2.24) is 14.5 Å². The fourth-order valence-electron chi connectivity index (χ4n) is 3.05. The monoisotopic (exact) mass is 411 g/mol. The number of hydrogen-bond donors (Lipinski definition) is 1. The van der Waals surface area contributed by atoms with Gasteiger partial charge in [-0.1, -0.05) is 13.8 Å². The molecule has 1 heterocycles. The average Bonchev–Trinajstić information content (AvgIpc) is 2.69. The Bertz CT molecular complexity index is 833. The van der Waals surface area contributed by atoms with Gasteiger partial charge in [0.15, 0.2) is 0 Å². The van der Waals surface area contributed by atoms with E-state index in [1.165, 1.54) is 40.6 Å². The minimum absolute atomic E-state index is 0.0928. The van der Waals surface area contributed by atoms with Gasteiger partial charge in [-0.25, -0.2) is 8.42 Å². The number of piperazine rings is 1. The Hall–Kier alpha value is -2.46. The molecule has 154 valence electrons. The molecule has 1 atom stereocenters. The van der Waals surface area contributed by atoms with Gasteiger partial charge in [0, 0.05) is 31.7 Å². The van der Waals surface area contributed by atoms with Crippen molar-refractivity contribution in [3.8, 4) is 0 Å². The van der Waals surface area contributed by atoms with Crippen LogP contribution < -0.4 is 5.32 Å². The van der Waals surface area contributed by atoms with E-state index in [9.17, 15) is 22.8 Å². The van der Waals surface area contributed by atoms with Crippen molar-refractivity contribution < 1.29 is 27.5 Å². The van der Waals surface area contributed by atoms with Gasteiger partial charge in [-0.05, 0) is 24.3 Å². The molecule has 0 aliphatic carbocycles. The van der Waals surface area contributed by atoms with Gasteiger partial charge in [-0.2, -0.15) is 4.31 Å². The maximum Gasteiger partial charge on any atom is 0.308 e. The molecule has 1 unspecified atom stereocenters. The number of amides is 2. The minimum Gasteiger partial charge on any atom is -0.469 e. The number of sulfonamides is 1. The Morgan fingerprint density at radius 2 is 1.82 bits per heavy atom. The van der Waals surface area contributed by atoms with Crippen LogP contribution in [0.4, 0.5) is 0 Å². The molecular weight excluding hydrogens is 386 g/mol. The number of carbonyl (C=O) groups is 3. The zero-order chi connectivity index (χ0) is 20.9. The Kier molecular flexibility index (Phi) is 7.14. The zero-order valence-corrected chi connectivity index (χ0v) is 17.0. The predicted molar refractivity (Wildman–Crippen MR) is 101 cm³/mol. The Labute approximate surface area is 164 Å². The lowest BCUT2D eigenvalue weighted by molar-refractivity contribution is -0.145. The van der Waals surface area contributed by atoms with Crippen molar-refractivity contribution in [2.24, 2.45) is 0 Å². The molecule has 1 aromatic rings. The van der Waals surface area contributed by atoms with Crippen LogP contribution in [-0.2, 0) is 24.3 Å². The minimum atomic E-state index is -3.62. The van der Waals surface area contributed by atoms with Crippen molar-refractivity contribution in [3.05, 3.63) is 29.8 Å². The van der Waals surface area contributed by atoms with E-state index >= 15 is 0 Å². The lowest BCUT2D eigenvalue weighted by Crippen LogP contribution is -2.57. The van der Waals surface area contributed by atoms with Gasteiger partial charge in [0.05, 0.1) is 18.4 Å². The average molecular weight is 411 g/mol. The van der Waals surface area contributed by atoms with Gasteiger partial charge in [0.25, 0.3) is 5.91 Å². The Balaban J connectivity index is 2.25. The Morgan fingerprint density at radius 3 is 2.36 bits per heavy atom. The number of carbonyl (C=O) groups excluding carboxylic acids is 3. The fraction of sp³-hybridized carbons (Fsp3) is 0.500. The van der Waals surface area contributed by atoms with Crippen molar-refractivity contribution in [2.75, 3.05) is 33.3 Å². The summed E-state index contributed by atoms with van der Waals surface area (Å²) in [5.74, 6) is -1.47. The van der Waals surface area contributed by atoms with Crippen LogP contribution in [0.1, 0.15) is 30.6 Å². The van der Waals surface area contributed by atoms with E-state index < -0.39 is 33.8 Å². The third-order valence-electron chi connectivity index (χ3n) is 4.62. The largest absolute Gasteiger partial charge is 0.469 e. The summed E-state index contributed by atoms with van der Waals surface area (Å²) in [5.41, 5.74) is 0.239. The van der Waals surface area contributed by atoms with Gasteiger partial charge in [-0.3, -0.25) is 14.4 Å². The molecule has 0 bridgehead atoms. The molecule has 0 saturated carbocycles. The molecule has 10 heteroatoms. The molecule has 0 spiro atoms. The molecule has 1 aliphatic heterocycles. The predicted octanol–water partition coefficient (Wildman–Crippen LogP) is 0.221. The summed E-state index contributed by atoms with van der Waals surface area (Å²) in [6.45, 7) is 4.71. The first kappa shape index (κ1) is 21.8. The second-order valence-corrected chi connectivity index (χ2v) is 8.14. The molecule has 9 nitrogen and oxygen atoms in total. The summed E-state index contributed by atoms with van der Waals surface area (Å²) in [6, 6.07) is 4.62. The van der Waals surface area contributed by atoms with E-state index in [0.717, 1.165) is 0 Å². The number of rotatable bonds is 7. The SMILES string of the molecule is CCN(CC)S(=O)(=O)c1ccc(C(=O)N2CCNC(=O)C2CC(=O)OC)cc1. The maximum absolute atomic E-state index is 12.9. The summed E-state index contributed by atoms with van der Waals surface area (Å²) in [7, 11) is -2.41. The number of ether oxygens (including phenoxy) is 1. The molecule has 2 amide bonds. The first-order chi connectivity index (χ1) is 13.3. The lowest BCUT2D eigenvalue weighted by atomic mass is 10.1. The molecule has 1 saturated heterocycles. The van der Waals surface area contributed by atoms with Crippen molar-refractivity contribution in [3.63, 3.8) is 0 Å². The highest BCUT2D eigenvalue weighted by atomic mass is 32.2. The lowest BCUT2D eigenvalue weighted by Gasteiger charge is -2.34. The smallest absolute Gasteiger partial charge is 0.308 e. The van der Waals surface area contributed by atoms with Gasteiger partial charge in [-0.15, -0.1) is 0 Å². The van der Waals surface area contributed by atoms with Crippen LogP contribution in [0.2, 0.25) is 0 Å². The quantitative estimate of drug-likeness (QED) is 0.642. The van der Waals surface area contributed by atoms with Crippen molar-refractivity contribution in [1.29, 1.82) is 0 Å². The Morgan fingerprint density at radius 1 is 1.21 bits per heavy atom. The summed E-state index contributed by atoms with van der Waals surface area (Å²) in [4.78, 5) is 38.0. The molecule has 1 fully saturated rings. The molecule has 2 rings (SSSR count). The van der Waals surface area contributed by atoms with E-state index in [1.54, 1.807) is 13.8 Å². The van der Waals surface area contributed by atoms with Crippen LogP contribution in [0.15, 0.2) is 29.2 Å². The van der Waals surface area contributed by atoms with Gasteiger partial charge < -0.3 is 15.0 Å². The van der Waals surface area contributed by atoms with E-state index in [2.05, 4.69) is 10.1 Å². The highest BCUT2D eigenvalue weighted by Crippen LogP contribution is 2.19. The second kappa shape index (κ2) is 9.16. The van der Waals surface area contributed by atoms with Crippen LogP contribution in [0.5, 0.6) is 0 Å². The summed E-state index contributed by atoms with van der Waals surface area (Å²) < 4.78 is 31.0. The zero-order valence-electron chi connectivity index (χ0n) is 16.2. The molecule has 1 N–H and O–H groups in total. The maximum atomic E-state index is 12.9. The van der Waals surface area contributed by atoms with Crippen LogP contribution in [0, 0.1) is 0 Å². The van der Waals surface area contributed by atoms with E-state index in [-0.39, 0.29) is 30.0 Å². The van der Waals surface area contributed by atoms with Crippen LogP contribution in [-0.4, -0.2) is 74.7 Å². The van der Waals surface area contributed by atoms with Gasteiger partial charge in [0.2, 0.25) is 15.9 Å². The number of methoxy groups -OCH3 is 1. The summed E-state index contributed by atoms with van der Waals surface area (Å²) in [5, 5.41) is 2.63. The first-order valence-corrected chi connectivity index (χ1v) is 10.5. The number of benzene rings is 1. The summed E-state index contributed by atoms with van der Waals surface area (Å²) in [6.07, 6.45) is -0.248. The van der Waals surface area contributed by atoms with Crippen LogP contribution in [0.3, 0.4) is 0 Å². The third kappa shape index (κ3) is 4.50. The van der Waals surface area contributed by atoms with E-state index in [0.29, 0.717) is 13.1 Å². The number of esters is 1. The molecular formula is C18H25N3O6S. The highest BCUT2D eigenvalue weighted by molar-refractivity contribution is 7.89. The van der Waals surface area contributed by atoms with Crippen LogP contribution >= 0.6 is 0 Å². The normalized spacial score (nSPS) is 17.4. The fourth-order valence-corrected chi connectivity index (χ4v) is 4.51. The van der Waals surface area contributed by atoms with Crippen molar-refractivity contribution >= 4 is 27.8 Å². The molecule has 1 aromatic carbocycles. The summed E-state index contributed by atoms with van der Waals surface area (Å²) >= 11 is 0. The van der Waals surface area contributed by atoms with E-state index in [1.807, 2.05) is 0 Å². The number of nitrogens with one attached hydrogen (secondary N) is 1. The third-order valence-corrected chi connectivity index (χ3v) is 6.69. The van der Waals surface area contributed by atoms with Crippen LogP contribution in [0.25, 0.3) is 0 Å². The topological polar surface area (TPSA) is 113 Å². The first-order valence-electron chi connectivity index (χ1n) is 9.01. The van der Waals surface area contributed by atoms with Gasteiger partial charge >= 0.3 is 5.97 Å².